The maximum absolute atomic E-state index is 12.2. The Kier molecular flexibility index (Phi) is 3.65. The molecule has 17 heavy (non-hydrogen) atoms. The van der Waals surface area contributed by atoms with Crippen LogP contribution in [-0.2, 0) is 10.2 Å². The van der Waals surface area contributed by atoms with Crippen molar-refractivity contribution in [2.24, 2.45) is 11.8 Å². The molecule has 2 unspecified atom stereocenters. The minimum atomic E-state index is -0.123. The summed E-state index contributed by atoms with van der Waals surface area (Å²) in [7, 11) is 0. The first kappa shape index (κ1) is 13.1. The van der Waals surface area contributed by atoms with E-state index in [1.807, 2.05) is 11.4 Å². The summed E-state index contributed by atoms with van der Waals surface area (Å²) < 4.78 is 0. The molecule has 1 heterocycles. The smallest absolute Gasteiger partial charge is 0.137 e. The van der Waals surface area contributed by atoms with Gasteiger partial charge in [0.15, 0.2) is 0 Å². The molecule has 1 fully saturated rings. The van der Waals surface area contributed by atoms with E-state index in [0.717, 1.165) is 29.2 Å². The highest BCUT2D eigenvalue weighted by Gasteiger charge is 2.40. The second-order valence-corrected chi connectivity index (χ2v) is 7.05. The van der Waals surface area contributed by atoms with E-state index in [9.17, 15) is 4.79 Å². The first-order valence-corrected chi connectivity index (χ1v) is 7.45. The molecule has 2 rings (SSSR count). The second kappa shape index (κ2) is 4.74. The van der Waals surface area contributed by atoms with Crippen LogP contribution in [0.25, 0.3) is 0 Å². The van der Waals surface area contributed by atoms with Crippen molar-refractivity contribution >= 4 is 28.7 Å². The van der Waals surface area contributed by atoms with Crippen molar-refractivity contribution in [1.29, 1.82) is 0 Å². The molecule has 1 aliphatic rings. The molecule has 1 saturated carbocycles. The summed E-state index contributed by atoms with van der Waals surface area (Å²) in [6, 6.07) is 1.93. The molecule has 3 heteroatoms. The van der Waals surface area contributed by atoms with Crippen molar-refractivity contribution in [2.45, 2.75) is 45.4 Å². The number of halogens is 1. The predicted molar refractivity (Wildman–Crippen MR) is 73.9 cm³/mol. The van der Waals surface area contributed by atoms with E-state index in [1.54, 1.807) is 11.3 Å². The molecule has 1 nitrogen and oxygen atoms in total. The quantitative estimate of drug-likeness (QED) is 0.762. The maximum atomic E-state index is 12.2. The van der Waals surface area contributed by atoms with Gasteiger partial charge < -0.3 is 0 Å². The van der Waals surface area contributed by atoms with E-state index < -0.39 is 0 Å². The first-order valence-electron chi connectivity index (χ1n) is 6.19. The molecule has 94 valence electrons. The molecule has 1 aliphatic carbocycles. The topological polar surface area (TPSA) is 17.1 Å². The standard InChI is InChI=1S/C14H19ClOS/c1-9-4-5-10(12(16)8-9)14(2,3)13-11(15)6-7-17-13/h6-7,9-10H,4-5,8H2,1-3H3. The molecule has 1 aromatic rings. The molecule has 0 aromatic carbocycles. The van der Waals surface area contributed by atoms with Gasteiger partial charge in [0.25, 0.3) is 0 Å². The number of hydrogen-bond acceptors (Lipinski definition) is 2. The van der Waals surface area contributed by atoms with Gasteiger partial charge in [0.2, 0.25) is 0 Å². The van der Waals surface area contributed by atoms with Gasteiger partial charge in [-0.25, -0.2) is 0 Å². The number of carbonyl (C=O) groups is 1. The third-order valence-corrected chi connectivity index (χ3v) is 5.64. The summed E-state index contributed by atoms with van der Waals surface area (Å²) in [6.45, 7) is 6.48. The molecule has 0 saturated heterocycles. The van der Waals surface area contributed by atoms with Crippen molar-refractivity contribution in [3.05, 3.63) is 21.3 Å². The maximum Gasteiger partial charge on any atom is 0.137 e. The molecule has 0 radical (unpaired) electrons. The molecule has 0 amide bonds. The van der Waals surface area contributed by atoms with Gasteiger partial charge in [0, 0.05) is 22.6 Å². The number of Topliss-reactive ketones (excluding diaryl/α,β-unsaturated/α-hetero) is 1. The fourth-order valence-electron chi connectivity index (χ4n) is 2.87. The van der Waals surface area contributed by atoms with Crippen LogP contribution >= 0.6 is 22.9 Å². The van der Waals surface area contributed by atoms with Crippen LogP contribution in [0.1, 0.15) is 44.9 Å². The zero-order valence-electron chi connectivity index (χ0n) is 10.6. The lowest BCUT2D eigenvalue weighted by Crippen LogP contribution is -2.38. The summed E-state index contributed by atoms with van der Waals surface area (Å²) in [5.74, 6) is 1.10. The zero-order valence-corrected chi connectivity index (χ0v) is 12.2. The number of carbonyl (C=O) groups excluding carboxylic acids is 1. The number of rotatable bonds is 2. The number of hydrogen-bond donors (Lipinski definition) is 0. The normalized spacial score (nSPS) is 26.2. The predicted octanol–water partition coefficient (Wildman–Crippen LogP) is 4.68. The molecule has 0 N–H and O–H groups in total. The highest BCUT2D eigenvalue weighted by molar-refractivity contribution is 7.10. The van der Waals surface area contributed by atoms with Crippen molar-refractivity contribution in [1.82, 2.24) is 0 Å². The monoisotopic (exact) mass is 270 g/mol. The Balaban J connectivity index is 2.27. The molecule has 0 aliphatic heterocycles. The van der Waals surface area contributed by atoms with E-state index in [1.165, 1.54) is 0 Å². The lowest BCUT2D eigenvalue weighted by Gasteiger charge is -2.37. The minimum absolute atomic E-state index is 0.123. The summed E-state index contributed by atoms with van der Waals surface area (Å²) in [5, 5.41) is 2.82. The van der Waals surface area contributed by atoms with Crippen molar-refractivity contribution in [2.75, 3.05) is 0 Å². The third-order valence-electron chi connectivity index (χ3n) is 3.96. The van der Waals surface area contributed by atoms with Gasteiger partial charge in [-0.3, -0.25) is 4.79 Å². The molecular weight excluding hydrogens is 252 g/mol. The van der Waals surface area contributed by atoms with E-state index >= 15 is 0 Å². The van der Waals surface area contributed by atoms with Gasteiger partial charge in [-0.15, -0.1) is 11.3 Å². The van der Waals surface area contributed by atoms with Crippen LogP contribution in [0.15, 0.2) is 11.4 Å². The van der Waals surface area contributed by atoms with Crippen LogP contribution in [0.4, 0.5) is 0 Å². The average Bonchev–Trinajstić information content (AvgIpc) is 2.64. The summed E-state index contributed by atoms with van der Waals surface area (Å²) in [6.07, 6.45) is 2.89. The van der Waals surface area contributed by atoms with Crippen LogP contribution in [0.5, 0.6) is 0 Å². The van der Waals surface area contributed by atoms with Crippen molar-refractivity contribution < 1.29 is 4.79 Å². The Morgan fingerprint density at radius 2 is 2.12 bits per heavy atom. The van der Waals surface area contributed by atoms with Gasteiger partial charge in [-0.1, -0.05) is 32.4 Å². The van der Waals surface area contributed by atoms with E-state index in [0.29, 0.717) is 11.7 Å². The highest BCUT2D eigenvalue weighted by Crippen LogP contribution is 2.44. The van der Waals surface area contributed by atoms with E-state index in [2.05, 4.69) is 20.8 Å². The second-order valence-electron chi connectivity index (χ2n) is 5.72. The Labute approximate surface area is 112 Å². The minimum Gasteiger partial charge on any atom is -0.299 e. The SMILES string of the molecule is CC1CCC(C(C)(C)c2sccc2Cl)C(=O)C1. The third kappa shape index (κ3) is 2.43. The fourth-order valence-corrected chi connectivity index (χ4v) is 4.36. The van der Waals surface area contributed by atoms with Gasteiger partial charge >= 0.3 is 0 Å². The summed E-state index contributed by atoms with van der Waals surface area (Å²) >= 11 is 7.89. The van der Waals surface area contributed by atoms with Gasteiger partial charge in [-0.2, -0.15) is 0 Å². The van der Waals surface area contributed by atoms with Crippen LogP contribution in [0.3, 0.4) is 0 Å². The highest BCUT2D eigenvalue weighted by atomic mass is 35.5. The zero-order chi connectivity index (χ0) is 12.6. The van der Waals surface area contributed by atoms with Crippen LogP contribution < -0.4 is 0 Å². The van der Waals surface area contributed by atoms with Gasteiger partial charge in [0.05, 0.1) is 5.02 Å². The Morgan fingerprint density at radius 1 is 1.41 bits per heavy atom. The molecule has 2 atom stereocenters. The lowest BCUT2D eigenvalue weighted by atomic mass is 9.67. The van der Waals surface area contributed by atoms with Gasteiger partial charge in [-0.05, 0) is 30.2 Å². The molecule has 0 bridgehead atoms. The van der Waals surface area contributed by atoms with Crippen LogP contribution in [-0.4, -0.2) is 5.78 Å². The fraction of sp³-hybridized carbons (Fsp3) is 0.643. The van der Waals surface area contributed by atoms with Crippen LogP contribution in [0.2, 0.25) is 5.02 Å². The van der Waals surface area contributed by atoms with Crippen molar-refractivity contribution in [3.63, 3.8) is 0 Å². The Bertz CT molecular complexity index is 422. The molecule has 1 aromatic heterocycles. The van der Waals surface area contributed by atoms with Crippen molar-refractivity contribution in [3.8, 4) is 0 Å². The average molecular weight is 271 g/mol. The summed E-state index contributed by atoms with van der Waals surface area (Å²) in [5.41, 5.74) is -0.123. The molecule has 0 spiro atoms. The number of thiophene rings is 1. The van der Waals surface area contributed by atoms with Gasteiger partial charge in [0.1, 0.15) is 5.78 Å². The van der Waals surface area contributed by atoms with Crippen LogP contribution in [0, 0.1) is 11.8 Å². The number of ketones is 1. The van der Waals surface area contributed by atoms with E-state index in [-0.39, 0.29) is 11.3 Å². The largest absolute Gasteiger partial charge is 0.299 e. The lowest BCUT2D eigenvalue weighted by molar-refractivity contribution is -0.127. The molecular formula is C14H19ClOS. The first-order chi connectivity index (χ1) is 7.93. The Morgan fingerprint density at radius 3 is 2.65 bits per heavy atom. The van der Waals surface area contributed by atoms with E-state index in [4.69, 9.17) is 11.6 Å². The summed E-state index contributed by atoms with van der Waals surface area (Å²) in [4.78, 5) is 13.4. The Hall–Kier alpha value is -0.340.